The van der Waals surface area contributed by atoms with Crippen LogP contribution in [0.15, 0.2) is 36.4 Å². The molecule has 2 rings (SSSR count). The van der Waals surface area contributed by atoms with E-state index in [0.717, 1.165) is 21.7 Å². The van der Waals surface area contributed by atoms with Crippen molar-refractivity contribution >= 4 is 50.5 Å². The lowest BCUT2D eigenvalue weighted by atomic mass is 9.98. The molecule has 152 valence electrons. The molecule has 0 radical (unpaired) electrons. The van der Waals surface area contributed by atoms with E-state index in [1.165, 1.54) is 19.1 Å². The van der Waals surface area contributed by atoms with Crippen LogP contribution in [0.1, 0.15) is 37.8 Å². The third kappa shape index (κ3) is 4.99. The summed E-state index contributed by atoms with van der Waals surface area (Å²) in [6.45, 7) is 7.47. The summed E-state index contributed by atoms with van der Waals surface area (Å²) in [5.74, 6) is -0.267. The zero-order valence-corrected chi connectivity index (χ0v) is 18.8. The van der Waals surface area contributed by atoms with Gasteiger partial charge in [-0.1, -0.05) is 55.2 Å². The fraction of sp³-hybridized carbons (Fsp3) is 0.350. The highest BCUT2D eigenvalue weighted by Gasteiger charge is 2.31. The molecule has 0 bridgehead atoms. The van der Waals surface area contributed by atoms with Gasteiger partial charge in [-0.3, -0.25) is 9.10 Å². The lowest BCUT2D eigenvalue weighted by Gasteiger charge is -2.29. The smallest absolute Gasteiger partial charge is 0.248 e. The average molecular weight is 443 g/mol. The molecular formula is C20H24Cl2N2O3S. The first-order valence-electron chi connectivity index (χ1n) is 8.78. The molecule has 2 aromatic carbocycles. The number of sulfonamides is 1. The minimum absolute atomic E-state index is 0.160. The lowest BCUT2D eigenvalue weighted by molar-refractivity contribution is -0.116. The number of para-hydroxylation sites is 1. The lowest BCUT2D eigenvalue weighted by Crippen LogP contribution is -2.45. The second kappa shape index (κ2) is 8.72. The maximum atomic E-state index is 13.0. The van der Waals surface area contributed by atoms with Gasteiger partial charge in [-0.05, 0) is 49.1 Å². The molecule has 8 heteroatoms. The third-order valence-corrected chi connectivity index (χ3v) is 6.19. The Morgan fingerprint density at radius 2 is 1.75 bits per heavy atom. The number of carbonyl (C=O) groups excluding carboxylic acids is 1. The number of aryl methyl sites for hydroxylation is 1. The van der Waals surface area contributed by atoms with Crippen molar-refractivity contribution in [3.8, 4) is 0 Å². The summed E-state index contributed by atoms with van der Waals surface area (Å²) < 4.78 is 26.0. The van der Waals surface area contributed by atoms with Crippen LogP contribution in [-0.4, -0.2) is 26.6 Å². The Hall–Kier alpha value is -1.76. The van der Waals surface area contributed by atoms with E-state index in [0.29, 0.717) is 10.7 Å². The van der Waals surface area contributed by atoms with Crippen LogP contribution in [0.4, 0.5) is 11.4 Å². The Kier molecular flexibility index (Phi) is 7.02. The van der Waals surface area contributed by atoms with Gasteiger partial charge < -0.3 is 5.32 Å². The number of nitrogens with one attached hydrogen (secondary N) is 1. The van der Waals surface area contributed by atoms with Crippen molar-refractivity contribution < 1.29 is 13.2 Å². The van der Waals surface area contributed by atoms with E-state index < -0.39 is 22.0 Å². The quantitative estimate of drug-likeness (QED) is 0.666. The molecule has 1 atom stereocenters. The Labute approximate surface area is 176 Å². The summed E-state index contributed by atoms with van der Waals surface area (Å²) in [6.07, 6.45) is 1.03. The highest BCUT2D eigenvalue weighted by molar-refractivity contribution is 7.92. The molecule has 0 fully saturated rings. The van der Waals surface area contributed by atoms with Crippen LogP contribution in [0.25, 0.3) is 0 Å². The van der Waals surface area contributed by atoms with Gasteiger partial charge in [0.1, 0.15) is 6.04 Å². The summed E-state index contributed by atoms with van der Waals surface area (Å²) in [5, 5.41) is 3.40. The van der Waals surface area contributed by atoms with Gasteiger partial charge in [-0.25, -0.2) is 8.42 Å². The van der Waals surface area contributed by atoms with Gasteiger partial charge in [0.2, 0.25) is 15.9 Å². The van der Waals surface area contributed by atoms with Gasteiger partial charge in [0.05, 0.1) is 17.0 Å². The van der Waals surface area contributed by atoms with Crippen LogP contribution in [0.5, 0.6) is 0 Å². The Balaban J connectivity index is 2.46. The van der Waals surface area contributed by atoms with E-state index in [-0.39, 0.29) is 16.6 Å². The number of anilines is 2. The normalized spacial score (nSPS) is 12.7. The molecule has 0 spiro atoms. The molecule has 0 heterocycles. The van der Waals surface area contributed by atoms with Crippen molar-refractivity contribution in [2.45, 2.75) is 39.7 Å². The summed E-state index contributed by atoms with van der Waals surface area (Å²) in [6, 6.07) is 9.22. The van der Waals surface area contributed by atoms with Crippen LogP contribution in [-0.2, 0) is 14.8 Å². The molecule has 2 aromatic rings. The Morgan fingerprint density at radius 3 is 2.32 bits per heavy atom. The molecule has 0 aliphatic carbocycles. The SMILES string of the molecule is Cc1cccc(C(C)C)c1NC(=O)C(C)N(c1cc(Cl)ccc1Cl)S(C)(=O)=O. The summed E-state index contributed by atoms with van der Waals surface area (Å²) in [7, 11) is -3.80. The Bertz CT molecular complexity index is 991. The molecule has 1 amide bonds. The molecule has 1 unspecified atom stereocenters. The number of nitrogens with zero attached hydrogens (tertiary/aromatic N) is 1. The first-order chi connectivity index (χ1) is 12.9. The van der Waals surface area contributed by atoms with Crippen LogP contribution in [0.2, 0.25) is 10.0 Å². The van der Waals surface area contributed by atoms with E-state index in [1.807, 2.05) is 39.0 Å². The van der Waals surface area contributed by atoms with Crippen LogP contribution >= 0.6 is 23.2 Å². The minimum atomic E-state index is -3.80. The zero-order valence-electron chi connectivity index (χ0n) is 16.5. The molecule has 0 aliphatic rings. The number of rotatable bonds is 6. The Morgan fingerprint density at radius 1 is 1.11 bits per heavy atom. The van der Waals surface area contributed by atoms with Crippen molar-refractivity contribution in [2.75, 3.05) is 15.9 Å². The highest BCUT2D eigenvalue weighted by Crippen LogP contribution is 2.33. The number of hydrogen-bond acceptors (Lipinski definition) is 3. The van der Waals surface area contributed by atoms with Crippen molar-refractivity contribution in [1.29, 1.82) is 0 Å². The number of halogens is 2. The largest absolute Gasteiger partial charge is 0.324 e. The molecule has 0 saturated carbocycles. The van der Waals surface area contributed by atoms with Crippen molar-refractivity contribution in [2.24, 2.45) is 0 Å². The van der Waals surface area contributed by atoms with Gasteiger partial charge in [0, 0.05) is 10.7 Å². The van der Waals surface area contributed by atoms with Crippen molar-refractivity contribution in [3.05, 3.63) is 57.6 Å². The maximum absolute atomic E-state index is 13.0. The van der Waals surface area contributed by atoms with Gasteiger partial charge in [0.25, 0.3) is 0 Å². The van der Waals surface area contributed by atoms with Gasteiger partial charge in [-0.15, -0.1) is 0 Å². The highest BCUT2D eigenvalue weighted by atomic mass is 35.5. The van der Waals surface area contributed by atoms with Crippen molar-refractivity contribution in [1.82, 2.24) is 0 Å². The minimum Gasteiger partial charge on any atom is -0.324 e. The fourth-order valence-corrected chi connectivity index (χ4v) is 4.61. The number of benzene rings is 2. The first-order valence-corrected chi connectivity index (χ1v) is 11.4. The second-order valence-corrected chi connectivity index (χ2v) is 9.72. The third-order valence-electron chi connectivity index (χ3n) is 4.41. The van der Waals surface area contributed by atoms with Gasteiger partial charge >= 0.3 is 0 Å². The molecule has 28 heavy (non-hydrogen) atoms. The monoisotopic (exact) mass is 442 g/mol. The molecule has 1 N–H and O–H groups in total. The maximum Gasteiger partial charge on any atom is 0.248 e. The van der Waals surface area contributed by atoms with Gasteiger partial charge in [0.15, 0.2) is 0 Å². The topological polar surface area (TPSA) is 66.5 Å². The van der Waals surface area contributed by atoms with E-state index in [9.17, 15) is 13.2 Å². The van der Waals surface area contributed by atoms with Crippen LogP contribution < -0.4 is 9.62 Å². The summed E-state index contributed by atoms with van der Waals surface area (Å²) in [5.41, 5.74) is 2.74. The second-order valence-electron chi connectivity index (χ2n) is 7.01. The molecule has 5 nitrogen and oxygen atoms in total. The number of carbonyl (C=O) groups is 1. The fourth-order valence-electron chi connectivity index (χ4n) is 3.01. The molecule has 0 saturated heterocycles. The predicted octanol–water partition coefficient (Wildman–Crippen LogP) is 5.22. The zero-order chi connectivity index (χ0) is 21.2. The standard InChI is InChI=1S/C20H24Cl2N2O3S/c1-12(2)16-8-6-7-13(3)19(16)23-20(25)14(4)24(28(5,26)27)18-11-15(21)9-10-17(18)22/h6-12,14H,1-5H3,(H,23,25). The van der Waals surface area contributed by atoms with Crippen LogP contribution in [0.3, 0.4) is 0 Å². The average Bonchev–Trinajstić information content (AvgIpc) is 2.58. The van der Waals surface area contributed by atoms with E-state index in [2.05, 4.69) is 5.32 Å². The molecular weight excluding hydrogens is 419 g/mol. The van der Waals surface area contributed by atoms with E-state index >= 15 is 0 Å². The number of hydrogen-bond donors (Lipinski definition) is 1. The first kappa shape index (κ1) is 22.5. The van der Waals surface area contributed by atoms with E-state index in [4.69, 9.17) is 23.2 Å². The molecule has 0 aromatic heterocycles. The predicted molar refractivity (Wildman–Crippen MR) is 117 cm³/mol. The summed E-state index contributed by atoms with van der Waals surface area (Å²) in [4.78, 5) is 13.0. The number of amides is 1. The van der Waals surface area contributed by atoms with Crippen LogP contribution in [0, 0.1) is 6.92 Å². The van der Waals surface area contributed by atoms with Crippen molar-refractivity contribution in [3.63, 3.8) is 0 Å². The van der Waals surface area contributed by atoms with E-state index in [1.54, 1.807) is 6.07 Å². The van der Waals surface area contributed by atoms with Gasteiger partial charge in [-0.2, -0.15) is 0 Å². The summed E-state index contributed by atoms with van der Waals surface area (Å²) >= 11 is 12.2. The molecule has 0 aliphatic heterocycles.